The maximum atomic E-state index is 9.95. The quantitative estimate of drug-likeness (QED) is 0.857. The fourth-order valence-corrected chi connectivity index (χ4v) is 2.43. The van der Waals surface area contributed by atoms with E-state index in [0.717, 1.165) is 35.1 Å². The minimum Gasteiger partial charge on any atom is -0.508 e. The number of rotatable bonds is 3. The molecule has 2 nitrogen and oxygen atoms in total. The minimum atomic E-state index is 0.278. The Morgan fingerprint density at radius 1 is 0.722 bits per heavy atom. The number of hydrogen-bond acceptors (Lipinski definition) is 2. The van der Waals surface area contributed by atoms with Gasteiger partial charge in [-0.1, -0.05) is 38.1 Å². The van der Waals surface area contributed by atoms with Gasteiger partial charge in [-0.15, -0.1) is 0 Å². The number of benzene rings is 2. The smallest absolute Gasteiger partial charge is 0.123 e. The van der Waals surface area contributed by atoms with Gasteiger partial charge in [-0.2, -0.15) is 0 Å². The van der Waals surface area contributed by atoms with E-state index in [2.05, 4.69) is 6.92 Å². The molecular formula is C16H18O2. The zero-order chi connectivity index (χ0) is 13.1. The van der Waals surface area contributed by atoms with Crippen LogP contribution in [0.2, 0.25) is 0 Å². The molecule has 2 N–H and O–H groups in total. The van der Waals surface area contributed by atoms with Gasteiger partial charge in [-0.25, -0.2) is 0 Å². The van der Waals surface area contributed by atoms with Crippen LogP contribution < -0.4 is 0 Å². The highest BCUT2D eigenvalue weighted by molar-refractivity contribution is 5.75. The maximum Gasteiger partial charge on any atom is 0.123 e. The van der Waals surface area contributed by atoms with Crippen molar-refractivity contribution in [3.63, 3.8) is 0 Å². The fourth-order valence-electron chi connectivity index (χ4n) is 2.43. The Morgan fingerprint density at radius 3 is 2.00 bits per heavy atom. The van der Waals surface area contributed by atoms with Crippen LogP contribution in [0.5, 0.6) is 11.5 Å². The Labute approximate surface area is 108 Å². The van der Waals surface area contributed by atoms with Gasteiger partial charge in [0, 0.05) is 5.56 Å². The minimum absolute atomic E-state index is 0.278. The van der Waals surface area contributed by atoms with E-state index in [-0.39, 0.29) is 5.75 Å². The van der Waals surface area contributed by atoms with E-state index >= 15 is 0 Å². The number of para-hydroxylation sites is 1. The first-order valence-electron chi connectivity index (χ1n) is 6.31. The molecule has 0 atom stereocenters. The van der Waals surface area contributed by atoms with Gasteiger partial charge < -0.3 is 10.2 Å². The number of phenolic OH excluding ortho intramolecular Hbond substituents is 2. The van der Waals surface area contributed by atoms with E-state index in [4.69, 9.17) is 0 Å². The van der Waals surface area contributed by atoms with Crippen molar-refractivity contribution in [3.8, 4) is 22.6 Å². The molecule has 0 aromatic heterocycles. The summed E-state index contributed by atoms with van der Waals surface area (Å²) in [6.07, 6.45) is 1.62. The Balaban J connectivity index is 2.69. The summed E-state index contributed by atoms with van der Waals surface area (Å²) in [6.45, 7) is 4.10. The van der Waals surface area contributed by atoms with Crippen molar-refractivity contribution in [2.75, 3.05) is 0 Å². The molecule has 0 amide bonds. The van der Waals surface area contributed by atoms with Gasteiger partial charge >= 0.3 is 0 Å². The van der Waals surface area contributed by atoms with Crippen LogP contribution >= 0.6 is 0 Å². The Bertz CT molecular complexity index is 559. The molecule has 2 rings (SSSR count). The molecule has 0 spiro atoms. The standard InChI is InChI=1S/C16H18O2/c1-3-11-12(4-2)16(18)10-9-13(11)14-7-5-6-8-15(14)17/h5-10,17-18H,3-4H2,1-2H3. The molecule has 2 aromatic carbocycles. The van der Waals surface area contributed by atoms with Crippen molar-refractivity contribution in [1.29, 1.82) is 0 Å². The van der Waals surface area contributed by atoms with Gasteiger partial charge in [0.1, 0.15) is 11.5 Å². The SMILES string of the molecule is CCc1c(O)ccc(-c2ccccc2O)c1CC. The second kappa shape index (κ2) is 5.13. The van der Waals surface area contributed by atoms with E-state index in [1.807, 2.05) is 31.2 Å². The van der Waals surface area contributed by atoms with Crippen LogP contribution in [0.3, 0.4) is 0 Å². The van der Waals surface area contributed by atoms with Gasteiger partial charge in [0.15, 0.2) is 0 Å². The summed E-state index contributed by atoms with van der Waals surface area (Å²) in [4.78, 5) is 0. The van der Waals surface area contributed by atoms with Gasteiger partial charge in [-0.05, 0) is 41.7 Å². The summed E-state index contributed by atoms with van der Waals surface area (Å²) < 4.78 is 0. The predicted octanol–water partition coefficient (Wildman–Crippen LogP) is 3.89. The van der Waals surface area contributed by atoms with Crippen molar-refractivity contribution in [2.45, 2.75) is 26.7 Å². The largest absolute Gasteiger partial charge is 0.508 e. The molecule has 2 heteroatoms. The Kier molecular flexibility index (Phi) is 3.56. The zero-order valence-corrected chi connectivity index (χ0v) is 10.8. The highest BCUT2D eigenvalue weighted by Crippen LogP contribution is 2.36. The maximum absolute atomic E-state index is 9.95. The lowest BCUT2D eigenvalue weighted by Gasteiger charge is -2.15. The van der Waals surface area contributed by atoms with Crippen molar-refractivity contribution in [2.24, 2.45) is 0 Å². The topological polar surface area (TPSA) is 40.5 Å². The van der Waals surface area contributed by atoms with Gasteiger partial charge in [0.2, 0.25) is 0 Å². The number of aromatic hydroxyl groups is 2. The van der Waals surface area contributed by atoms with Gasteiger partial charge in [0.25, 0.3) is 0 Å². The monoisotopic (exact) mass is 242 g/mol. The van der Waals surface area contributed by atoms with Crippen LogP contribution in [0.4, 0.5) is 0 Å². The highest BCUT2D eigenvalue weighted by Gasteiger charge is 2.13. The van der Waals surface area contributed by atoms with Crippen LogP contribution in [0, 0.1) is 0 Å². The number of hydrogen-bond donors (Lipinski definition) is 2. The second-order valence-corrected chi connectivity index (χ2v) is 4.31. The molecule has 0 aliphatic carbocycles. The van der Waals surface area contributed by atoms with Crippen molar-refractivity contribution in [1.82, 2.24) is 0 Å². The van der Waals surface area contributed by atoms with Crippen molar-refractivity contribution < 1.29 is 10.2 Å². The summed E-state index contributed by atoms with van der Waals surface area (Å²) in [5.74, 6) is 0.619. The van der Waals surface area contributed by atoms with Crippen LogP contribution in [0.15, 0.2) is 36.4 Å². The molecule has 2 aromatic rings. The van der Waals surface area contributed by atoms with E-state index in [1.165, 1.54) is 0 Å². The molecule has 0 saturated heterocycles. The van der Waals surface area contributed by atoms with Crippen LogP contribution in [-0.4, -0.2) is 10.2 Å². The lowest BCUT2D eigenvalue weighted by atomic mass is 9.91. The average molecular weight is 242 g/mol. The third-order valence-electron chi connectivity index (χ3n) is 3.31. The van der Waals surface area contributed by atoms with E-state index in [0.29, 0.717) is 5.75 Å². The molecule has 0 aliphatic rings. The summed E-state index contributed by atoms with van der Waals surface area (Å²) in [7, 11) is 0. The first-order chi connectivity index (χ1) is 8.69. The molecule has 0 radical (unpaired) electrons. The van der Waals surface area contributed by atoms with E-state index in [1.54, 1.807) is 12.1 Å². The lowest BCUT2D eigenvalue weighted by Crippen LogP contribution is -1.96. The molecular weight excluding hydrogens is 224 g/mol. The zero-order valence-electron chi connectivity index (χ0n) is 10.8. The van der Waals surface area contributed by atoms with Crippen molar-refractivity contribution >= 4 is 0 Å². The molecule has 0 fully saturated rings. The summed E-state index contributed by atoms with van der Waals surface area (Å²) in [5.41, 5.74) is 3.91. The second-order valence-electron chi connectivity index (χ2n) is 4.31. The summed E-state index contributed by atoms with van der Waals surface area (Å²) in [6, 6.07) is 10.9. The van der Waals surface area contributed by atoms with Crippen LogP contribution in [0.1, 0.15) is 25.0 Å². The molecule has 0 bridgehead atoms. The molecule has 0 unspecified atom stereocenters. The lowest BCUT2D eigenvalue weighted by molar-refractivity contribution is 0.467. The van der Waals surface area contributed by atoms with Gasteiger partial charge in [-0.3, -0.25) is 0 Å². The molecule has 18 heavy (non-hydrogen) atoms. The molecule has 0 heterocycles. The van der Waals surface area contributed by atoms with Gasteiger partial charge in [0.05, 0.1) is 0 Å². The highest BCUT2D eigenvalue weighted by atomic mass is 16.3. The predicted molar refractivity (Wildman–Crippen MR) is 74.0 cm³/mol. The normalized spacial score (nSPS) is 10.6. The first-order valence-corrected chi connectivity index (χ1v) is 6.31. The summed E-state index contributed by atoms with van der Waals surface area (Å²) >= 11 is 0. The molecule has 94 valence electrons. The fraction of sp³-hybridized carbons (Fsp3) is 0.250. The summed E-state index contributed by atoms with van der Waals surface area (Å²) in [5, 5.41) is 19.9. The third kappa shape index (κ3) is 2.06. The van der Waals surface area contributed by atoms with Crippen LogP contribution in [0.25, 0.3) is 11.1 Å². The molecule has 0 saturated carbocycles. The third-order valence-corrected chi connectivity index (χ3v) is 3.31. The van der Waals surface area contributed by atoms with Crippen LogP contribution in [-0.2, 0) is 12.8 Å². The van der Waals surface area contributed by atoms with E-state index in [9.17, 15) is 10.2 Å². The average Bonchev–Trinajstić information content (AvgIpc) is 2.39. The van der Waals surface area contributed by atoms with E-state index < -0.39 is 0 Å². The van der Waals surface area contributed by atoms with Crippen molar-refractivity contribution in [3.05, 3.63) is 47.5 Å². The molecule has 0 aliphatic heterocycles. The number of phenols is 2. The Hall–Kier alpha value is -1.96. The Morgan fingerprint density at radius 2 is 1.39 bits per heavy atom. The first kappa shape index (κ1) is 12.5.